The molecule has 1 aromatic rings. The van der Waals surface area contributed by atoms with E-state index in [1.165, 1.54) is 6.20 Å². The molecule has 1 saturated heterocycles. The molecule has 92 valence electrons. The first-order valence-corrected chi connectivity index (χ1v) is 6.04. The lowest BCUT2D eigenvalue weighted by Gasteiger charge is -2.17. The Morgan fingerprint density at radius 1 is 1.71 bits per heavy atom. The lowest BCUT2D eigenvalue weighted by Crippen LogP contribution is -2.30. The molecular weight excluding hydrogens is 240 g/mol. The number of pyridine rings is 1. The Kier molecular flexibility index (Phi) is 3.64. The van der Waals surface area contributed by atoms with Crippen LogP contribution in [0.15, 0.2) is 18.3 Å². The summed E-state index contributed by atoms with van der Waals surface area (Å²) >= 11 is 5.82. The first-order valence-electron chi connectivity index (χ1n) is 5.67. The van der Waals surface area contributed by atoms with E-state index in [2.05, 4.69) is 4.98 Å². The van der Waals surface area contributed by atoms with E-state index in [-0.39, 0.29) is 17.9 Å². The number of aromatic nitrogens is 1. The second-order valence-electron chi connectivity index (χ2n) is 4.40. The molecule has 2 atom stereocenters. The van der Waals surface area contributed by atoms with Gasteiger partial charge in [-0.25, -0.2) is 0 Å². The van der Waals surface area contributed by atoms with Gasteiger partial charge in [0.15, 0.2) is 0 Å². The maximum Gasteiger partial charge on any atom is 0.272 e. The highest BCUT2D eigenvalue weighted by molar-refractivity contribution is 6.30. The second-order valence-corrected chi connectivity index (χ2v) is 4.84. The van der Waals surface area contributed by atoms with Gasteiger partial charge in [-0.05, 0) is 25.5 Å². The van der Waals surface area contributed by atoms with E-state index in [1.54, 1.807) is 24.0 Å². The number of carbonyl (C=O) groups is 1. The van der Waals surface area contributed by atoms with E-state index >= 15 is 0 Å². The van der Waals surface area contributed by atoms with Gasteiger partial charge in [-0.1, -0.05) is 11.6 Å². The van der Waals surface area contributed by atoms with Gasteiger partial charge >= 0.3 is 0 Å². The zero-order valence-corrected chi connectivity index (χ0v) is 10.4. The van der Waals surface area contributed by atoms with E-state index in [0.29, 0.717) is 23.8 Å². The minimum Gasteiger partial charge on any atom is -0.393 e. The zero-order chi connectivity index (χ0) is 12.4. The largest absolute Gasteiger partial charge is 0.393 e. The second kappa shape index (κ2) is 5.02. The normalized spacial score (nSPS) is 21.6. The van der Waals surface area contributed by atoms with Crippen molar-refractivity contribution in [3.63, 3.8) is 0 Å². The molecule has 1 aliphatic rings. The summed E-state index contributed by atoms with van der Waals surface area (Å²) < 4.78 is 0. The molecule has 1 aliphatic heterocycles. The average Bonchev–Trinajstić information content (AvgIpc) is 2.77. The van der Waals surface area contributed by atoms with Gasteiger partial charge in [-0.3, -0.25) is 9.78 Å². The molecule has 1 fully saturated rings. The number of nitrogens with zero attached hydrogens (tertiary/aromatic N) is 2. The van der Waals surface area contributed by atoms with Crippen molar-refractivity contribution < 1.29 is 9.90 Å². The molecular formula is C12H15ClN2O2. The van der Waals surface area contributed by atoms with Crippen LogP contribution in [0.1, 0.15) is 23.8 Å². The average molecular weight is 255 g/mol. The van der Waals surface area contributed by atoms with Gasteiger partial charge in [-0.15, -0.1) is 0 Å². The highest BCUT2D eigenvalue weighted by Crippen LogP contribution is 2.21. The van der Waals surface area contributed by atoms with Crippen LogP contribution < -0.4 is 0 Å². The molecule has 2 unspecified atom stereocenters. The van der Waals surface area contributed by atoms with Crippen molar-refractivity contribution in [3.8, 4) is 0 Å². The summed E-state index contributed by atoms with van der Waals surface area (Å²) in [7, 11) is 0. The van der Waals surface area contributed by atoms with Crippen LogP contribution in [0.2, 0.25) is 5.02 Å². The van der Waals surface area contributed by atoms with Crippen molar-refractivity contribution in [1.82, 2.24) is 9.88 Å². The fourth-order valence-electron chi connectivity index (χ4n) is 2.05. The molecule has 1 aromatic heterocycles. The third-order valence-corrected chi connectivity index (χ3v) is 3.37. The Morgan fingerprint density at radius 3 is 3.06 bits per heavy atom. The van der Waals surface area contributed by atoms with E-state index in [1.807, 2.05) is 0 Å². The highest BCUT2D eigenvalue weighted by Gasteiger charge is 2.30. The van der Waals surface area contributed by atoms with Gasteiger partial charge in [0.05, 0.1) is 6.10 Å². The van der Waals surface area contributed by atoms with E-state index in [4.69, 9.17) is 11.6 Å². The monoisotopic (exact) mass is 254 g/mol. The van der Waals surface area contributed by atoms with Crippen molar-refractivity contribution >= 4 is 17.5 Å². The standard InChI is InChI=1S/C12H15ClN2O2/c1-8(16)9-3-5-15(7-9)12(17)11-6-10(13)2-4-14-11/h2,4,6,8-9,16H,3,5,7H2,1H3. The van der Waals surface area contributed by atoms with Crippen LogP contribution >= 0.6 is 11.6 Å². The van der Waals surface area contributed by atoms with Gasteiger partial charge in [-0.2, -0.15) is 0 Å². The van der Waals surface area contributed by atoms with Crippen LogP contribution in [0.25, 0.3) is 0 Å². The molecule has 0 bridgehead atoms. The Balaban J connectivity index is 2.07. The third kappa shape index (κ3) is 2.76. The van der Waals surface area contributed by atoms with Crippen molar-refractivity contribution in [2.45, 2.75) is 19.4 Å². The number of hydrogen-bond donors (Lipinski definition) is 1. The molecule has 17 heavy (non-hydrogen) atoms. The van der Waals surface area contributed by atoms with Crippen LogP contribution in [-0.4, -0.2) is 40.1 Å². The smallest absolute Gasteiger partial charge is 0.272 e. The van der Waals surface area contributed by atoms with Crippen molar-refractivity contribution in [2.75, 3.05) is 13.1 Å². The lowest BCUT2D eigenvalue weighted by atomic mass is 10.0. The molecule has 4 nitrogen and oxygen atoms in total. The summed E-state index contributed by atoms with van der Waals surface area (Å²) in [4.78, 5) is 17.8. The number of halogens is 1. The molecule has 0 spiro atoms. The fraction of sp³-hybridized carbons (Fsp3) is 0.500. The lowest BCUT2D eigenvalue weighted by molar-refractivity contribution is 0.0757. The molecule has 0 radical (unpaired) electrons. The van der Waals surface area contributed by atoms with Crippen LogP contribution in [0.5, 0.6) is 0 Å². The number of likely N-dealkylation sites (tertiary alicyclic amines) is 1. The molecule has 0 aliphatic carbocycles. The highest BCUT2D eigenvalue weighted by atomic mass is 35.5. The van der Waals surface area contributed by atoms with Gasteiger partial charge in [0.25, 0.3) is 5.91 Å². The molecule has 0 aromatic carbocycles. The molecule has 0 saturated carbocycles. The third-order valence-electron chi connectivity index (χ3n) is 3.14. The number of rotatable bonds is 2. The van der Waals surface area contributed by atoms with Crippen LogP contribution in [0.3, 0.4) is 0 Å². The van der Waals surface area contributed by atoms with Gasteiger partial charge in [0, 0.05) is 30.2 Å². The van der Waals surface area contributed by atoms with E-state index in [0.717, 1.165) is 6.42 Å². The Morgan fingerprint density at radius 2 is 2.47 bits per heavy atom. The maximum atomic E-state index is 12.1. The summed E-state index contributed by atoms with van der Waals surface area (Å²) in [5.41, 5.74) is 0.365. The predicted molar refractivity (Wildman–Crippen MR) is 64.9 cm³/mol. The molecule has 2 rings (SSSR count). The summed E-state index contributed by atoms with van der Waals surface area (Å²) in [6.07, 6.45) is 1.99. The number of amides is 1. The first kappa shape index (κ1) is 12.3. The molecule has 2 heterocycles. The number of carbonyl (C=O) groups excluding carboxylic acids is 1. The van der Waals surface area contributed by atoms with Gasteiger partial charge < -0.3 is 10.0 Å². The van der Waals surface area contributed by atoms with E-state index < -0.39 is 0 Å². The number of aliphatic hydroxyl groups is 1. The predicted octanol–water partition coefficient (Wildman–Crippen LogP) is 1.58. The summed E-state index contributed by atoms with van der Waals surface area (Å²) in [5.74, 6) is 0.0498. The van der Waals surface area contributed by atoms with Gasteiger partial charge in [0.1, 0.15) is 5.69 Å². The number of aliphatic hydroxyl groups excluding tert-OH is 1. The van der Waals surface area contributed by atoms with Crippen molar-refractivity contribution in [3.05, 3.63) is 29.0 Å². The Bertz CT molecular complexity index is 423. The SMILES string of the molecule is CC(O)C1CCN(C(=O)c2cc(Cl)ccn2)C1. The Labute approximate surface area is 105 Å². The van der Waals surface area contributed by atoms with Crippen molar-refractivity contribution in [1.29, 1.82) is 0 Å². The minimum absolute atomic E-state index is 0.115. The fourth-order valence-corrected chi connectivity index (χ4v) is 2.21. The Hall–Kier alpha value is -1.13. The quantitative estimate of drug-likeness (QED) is 0.872. The topological polar surface area (TPSA) is 53.4 Å². The van der Waals surface area contributed by atoms with E-state index in [9.17, 15) is 9.90 Å². The molecule has 5 heteroatoms. The summed E-state index contributed by atoms with van der Waals surface area (Å²) in [5, 5.41) is 10.0. The zero-order valence-electron chi connectivity index (χ0n) is 9.64. The number of hydrogen-bond acceptors (Lipinski definition) is 3. The van der Waals surface area contributed by atoms with Crippen LogP contribution in [-0.2, 0) is 0 Å². The first-order chi connectivity index (χ1) is 8.08. The van der Waals surface area contributed by atoms with Crippen molar-refractivity contribution in [2.24, 2.45) is 5.92 Å². The van der Waals surface area contributed by atoms with Crippen LogP contribution in [0, 0.1) is 5.92 Å². The minimum atomic E-state index is -0.375. The molecule has 1 N–H and O–H groups in total. The van der Waals surface area contributed by atoms with Gasteiger partial charge in [0.2, 0.25) is 0 Å². The summed E-state index contributed by atoms with van der Waals surface area (Å²) in [6.45, 7) is 3.02. The maximum absolute atomic E-state index is 12.1. The molecule has 1 amide bonds. The van der Waals surface area contributed by atoms with Crippen LogP contribution in [0.4, 0.5) is 0 Å². The summed E-state index contributed by atoms with van der Waals surface area (Å²) in [6, 6.07) is 3.21.